The van der Waals surface area contributed by atoms with E-state index in [1.165, 1.54) is 6.08 Å². The third-order valence-corrected chi connectivity index (χ3v) is 1.56. The van der Waals surface area contributed by atoms with Crippen molar-refractivity contribution in [1.29, 1.82) is 0 Å². The molecule has 1 atom stereocenters. The van der Waals surface area contributed by atoms with Crippen molar-refractivity contribution < 1.29 is 4.39 Å². The van der Waals surface area contributed by atoms with E-state index < -0.39 is 0 Å². The molecule has 12 heavy (non-hydrogen) atoms. The molecule has 1 aliphatic rings. The maximum Gasteiger partial charge on any atom is 0.106 e. The highest BCUT2D eigenvalue weighted by Crippen LogP contribution is 2.18. The van der Waals surface area contributed by atoms with Crippen molar-refractivity contribution >= 4 is 0 Å². The molecule has 0 heterocycles. The van der Waals surface area contributed by atoms with Crippen LogP contribution in [0.15, 0.2) is 35.7 Å². The third kappa shape index (κ3) is 3.51. The van der Waals surface area contributed by atoms with Crippen LogP contribution < -0.4 is 0 Å². The summed E-state index contributed by atoms with van der Waals surface area (Å²) in [5.74, 6) is -0.122. The molecule has 0 radical (unpaired) electrons. The summed E-state index contributed by atoms with van der Waals surface area (Å²) in [5.41, 5.74) is 1.12. The average Bonchev–Trinajstić information content (AvgIpc) is 2.19. The van der Waals surface area contributed by atoms with Gasteiger partial charge in [0.2, 0.25) is 0 Å². The number of rotatable bonds is 0. The topological polar surface area (TPSA) is 0 Å². The summed E-state index contributed by atoms with van der Waals surface area (Å²) in [5, 5.41) is 0. The molecule has 0 saturated carbocycles. The van der Waals surface area contributed by atoms with Crippen LogP contribution in [-0.4, -0.2) is 0 Å². The fourth-order valence-electron chi connectivity index (χ4n) is 0.973. The van der Waals surface area contributed by atoms with Crippen molar-refractivity contribution in [3.05, 3.63) is 35.7 Å². The largest absolute Gasteiger partial charge is 0.211 e. The molecule has 0 nitrogen and oxygen atoms in total. The van der Waals surface area contributed by atoms with E-state index >= 15 is 0 Å². The second-order valence-electron chi connectivity index (χ2n) is 2.61. The van der Waals surface area contributed by atoms with E-state index in [9.17, 15) is 4.39 Å². The molecule has 0 aromatic rings. The lowest BCUT2D eigenvalue weighted by molar-refractivity contribution is 0.549. The van der Waals surface area contributed by atoms with Crippen LogP contribution in [0, 0.1) is 5.92 Å². The molecular weight excluding hydrogens is 151 g/mol. The van der Waals surface area contributed by atoms with Crippen LogP contribution in [0.2, 0.25) is 0 Å². The Balaban J connectivity index is 0.000000561. The van der Waals surface area contributed by atoms with Crippen molar-refractivity contribution in [2.24, 2.45) is 5.92 Å². The average molecular weight is 168 g/mol. The molecule has 0 N–H and O–H groups in total. The first-order valence-corrected chi connectivity index (χ1v) is 4.42. The molecule has 0 amide bonds. The standard InChI is InChI=1S/C9H11F.C2H6/c1-7-4-3-5-9(10)8(2)6-7;1-2/h3-6,8H,1-2H3;1-2H3. The van der Waals surface area contributed by atoms with Crippen molar-refractivity contribution in [3.8, 4) is 0 Å². The summed E-state index contributed by atoms with van der Waals surface area (Å²) in [6.45, 7) is 7.82. The molecule has 68 valence electrons. The first-order valence-electron chi connectivity index (χ1n) is 4.42. The van der Waals surface area contributed by atoms with E-state index in [1.807, 2.05) is 39.8 Å². The lowest BCUT2D eigenvalue weighted by Gasteiger charge is -2.00. The zero-order valence-electron chi connectivity index (χ0n) is 8.26. The normalized spacial score (nSPS) is 21.6. The number of halogens is 1. The van der Waals surface area contributed by atoms with E-state index in [0.29, 0.717) is 0 Å². The SMILES string of the molecule is CC.CC1=CC(C)C(F)=CC=C1. The van der Waals surface area contributed by atoms with E-state index in [-0.39, 0.29) is 11.7 Å². The predicted molar refractivity (Wildman–Crippen MR) is 52.6 cm³/mol. The van der Waals surface area contributed by atoms with Crippen LogP contribution in [0.3, 0.4) is 0 Å². The minimum absolute atomic E-state index is 0.0602. The Morgan fingerprint density at radius 2 is 1.92 bits per heavy atom. The highest BCUT2D eigenvalue weighted by atomic mass is 19.1. The zero-order chi connectivity index (χ0) is 9.56. The molecule has 0 spiro atoms. The smallest absolute Gasteiger partial charge is 0.106 e. The Morgan fingerprint density at radius 1 is 1.33 bits per heavy atom. The van der Waals surface area contributed by atoms with E-state index in [0.717, 1.165) is 5.57 Å². The van der Waals surface area contributed by atoms with Crippen LogP contribution in [0.25, 0.3) is 0 Å². The van der Waals surface area contributed by atoms with Gasteiger partial charge in [-0.1, -0.05) is 44.6 Å². The summed E-state index contributed by atoms with van der Waals surface area (Å²) in [6.07, 6.45) is 7.07. The molecular formula is C11H17F. The summed E-state index contributed by atoms with van der Waals surface area (Å²) < 4.78 is 12.8. The van der Waals surface area contributed by atoms with Gasteiger partial charge in [-0.2, -0.15) is 0 Å². The first-order chi connectivity index (χ1) is 5.70. The van der Waals surface area contributed by atoms with Gasteiger partial charge in [-0.3, -0.25) is 0 Å². The molecule has 0 aliphatic heterocycles. The third-order valence-electron chi connectivity index (χ3n) is 1.56. The first kappa shape index (κ1) is 11.2. The Labute approximate surface area is 74.5 Å². The second-order valence-corrected chi connectivity index (χ2v) is 2.61. The highest BCUT2D eigenvalue weighted by Gasteiger charge is 2.05. The number of allylic oxidation sites excluding steroid dienone is 6. The van der Waals surface area contributed by atoms with Gasteiger partial charge in [0, 0.05) is 5.92 Å². The lowest BCUT2D eigenvalue weighted by atomic mass is 10.1. The van der Waals surface area contributed by atoms with Crippen LogP contribution in [0.4, 0.5) is 4.39 Å². The maximum atomic E-state index is 12.8. The van der Waals surface area contributed by atoms with Crippen LogP contribution >= 0.6 is 0 Å². The fourth-order valence-corrected chi connectivity index (χ4v) is 0.973. The predicted octanol–water partition coefficient (Wildman–Crippen LogP) is 4.02. The Hall–Kier alpha value is -0.850. The van der Waals surface area contributed by atoms with E-state index in [1.54, 1.807) is 6.08 Å². The number of hydrogen-bond donors (Lipinski definition) is 0. The van der Waals surface area contributed by atoms with Gasteiger partial charge in [0.1, 0.15) is 5.83 Å². The summed E-state index contributed by atoms with van der Waals surface area (Å²) in [7, 11) is 0. The van der Waals surface area contributed by atoms with E-state index in [4.69, 9.17) is 0 Å². The molecule has 0 fully saturated rings. The molecule has 1 heteroatoms. The second kappa shape index (κ2) is 5.76. The molecule has 0 bridgehead atoms. The van der Waals surface area contributed by atoms with Gasteiger partial charge in [0.05, 0.1) is 0 Å². The number of hydrogen-bond acceptors (Lipinski definition) is 0. The Morgan fingerprint density at radius 3 is 2.50 bits per heavy atom. The molecule has 1 unspecified atom stereocenters. The lowest BCUT2D eigenvalue weighted by Crippen LogP contribution is -1.88. The molecule has 1 rings (SSSR count). The molecule has 0 aromatic heterocycles. The van der Waals surface area contributed by atoms with Gasteiger partial charge in [-0.15, -0.1) is 0 Å². The fraction of sp³-hybridized carbons (Fsp3) is 0.455. The van der Waals surface area contributed by atoms with Gasteiger partial charge >= 0.3 is 0 Å². The van der Waals surface area contributed by atoms with Crippen LogP contribution in [0.1, 0.15) is 27.7 Å². The van der Waals surface area contributed by atoms with Gasteiger partial charge < -0.3 is 0 Å². The zero-order valence-corrected chi connectivity index (χ0v) is 8.26. The van der Waals surface area contributed by atoms with Gasteiger partial charge in [-0.25, -0.2) is 4.39 Å². The Kier molecular flexibility index (Phi) is 5.35. The highest BCUT2D eigenvalue weighted by molar-refractivity contribution is 5.28. The van der Waals surface area contributed by atoms with Crippen molar-refractivity contribution in [3.63, 3.8) is 0 Å². The molecule has 0 aromatic carbocycles. The Bertz CT molecular complexity index is 209. The van der Waals surface area contributed by atoms with Crippen molar-refractivity contribution in [2.75, 3.05) is 0 Å². The maximum absolute atomic E-state index is 12.8. The monoisotopic (exact) mass is 168 g/mol. The molecule has 1 aliphatic carbocycles. The van der Waals surface area contributed by atoms with Crippen molar-refractivity contribution in [1.82, 2.24) is 0 Å². The van der Waals surface area contributed by atoms with Gasteiger partial charge in [-0.05, 0) is 13.0 Å². The van der Waals surface area contributed by atoms with Crippen molar-refractivity contribution in [2.45, 2.75) is 27.7 Å². The van der Waals surface area contributed by atoms with Crippen LogP contribution in [-0.2, 0) is 0 Å². The summed E-state index contributed by atoms with van der Waals surface area (Å²) in [4.78, 5) is 0. The van der Waals surface area contributed by atoms with Crippen LogP contribution in [0.5, 0.6) is 0 Å². The minimum Gasteiger partial charge on any atom is -0.211 e. The quantitative estimate of drug-likeness (QED) is 0.512. The minimum atomic E-state index is -0.0619. The van der Waals surface area contributed by atoms with E-state index in [2.05, 4.69) is 0 Å². The summed E-state index contributed by atoms with van der Waals surface area (Å²) in [6, 6.07) is 0. The van der Waals surface area contributed by atoms with Gasteiger partial charge in [0.25, 0.3) is 0 Å². The van der Waals surface area contributed by atoms with Gasteiger partial charge in [0.15, 0.2) is 0 Å². The summed E-state index contributed by atoms with van der Waals surface area (Å²) >= 11 is 0. The molecule has 0 saturated heterocycles.